The molecule has 0 spiro atoms. The molecule has 0 fully saturated rings. The summed E-state index contributed by atoms with van der Waals surface area (Å²) in [6.45, 7) is 0. The summed E-state index contributed by atoms with van der Waals surface area (Å²) in [5, 5.41) is 10.6. The van der Waals surface area contributed by atoms with Crippen LogP contribution in [0.25, 0.3) is 0 Å². The smallest absolute Gasteiger partial charge is 0.173 e. The molecule has 0 unspecified atom stereocenters. The molecule has 1 N–H and O–H groups in total. The van der Waals surface area contributed by atoms with Crippen LogP contribution in [0.4, 0.5) is 13.2 Å². The number of rotatable bonds is 1. The number of hydrogen-bond acceptors (Lipinski definition) is 2. The zero-order valence-electron chi connectivity index (χ0n) is 6.06. The van der Waals surface area contributed by atoms with Gasteiger partial charge in [0.15, 0.2) is 11.6 Å². The minimum atomic E-state index is -1.31. The largest absolute Gasteiger partial charge is 0.411 e. The van der Waals surface area contributed by atoms with Crippen molar-refractivity contribution in [2.45, 2.75) is 0 Å². The van der Waals surface area contributed by atoms with Gasteiger partial charge in [0, 0.05) is 11.6 Å². The van der Waals surface area contributed by atoms with Gasteiger partial charge in [0.1, 0.15) is 5.82 Å². The van der Waals surface area contributed by atoms with Gasteiger partial charge in [0.05, 0.1) is 10.7 Å². The van der Waals surface area contributed by atoms with E-state index in [1.165, 1.54) is 0 Å². The van der Waals surface area contributed by atoms with Crippen molar-refractivity contribution in [3.63, 3.8) is 0 Å². The van der Waals surface area contributed by atoms with Crippen LogP contribution in [-0.2, 0) is 0 Å². The first kappa shape index (κ1) is 10.0. The molecule has 0 aromatic heterocycles. The molecule has 0 saturated heterocycles. The van der Waals surface area contributed by atoms with E-state index in [4.69, 9.17) is 5.21 Å². The molecule has 0 heterocycles. The first-order valence-corrected chi connectivity index (χ1v) is 3.87. The Kier molecular flexibility index (Phi) is 2.92. The van der Waals surface area contributed by atoms with Crippen LogP contribution in [0.5, 0.6) is 0 Å². The Balaban J connectivity index is 3.43. The van der Waals surface area contributed by atoms with Gasteiger partial charge >= 0.3 is 0 Å². The third kappa shape index (κ3) is 1.82. The summed E-state index contributed by atoms with van der Waals surface area (Å²) in [6.07, 6.45) is 0.669. The third-order valence-electron chi connectivity index (χ3n) is 1.34. The molecule has 6 heteroatoms. The van der Waals surface area contributed by atoms with Crippen LogP contribution in [0.15, 0.2) is 15.7 Å². The Morgan fingerprint density at radius 3 is 2.46 bits per heavy atom. The van der Waals surface area contributed by atoms with Gasteiger partial charge in [0.25, 0.3) is 0 Å². The van der Waals surface area contributed by atoms with E-state index in [2.05, 4.69) is 21.1 Å². The molecule has 13 heavy (non-hydrogen) atoms. The van der Waals surface area contributed by atoms with Crippen molar-refractivity contribution in [3.8, 4) is 0 Å². The molecule has 2 nitrogen and oxygen atoms in total. The van der Waals surface area contributed by atoms with Crippen LogP contribution in [0.1, 0.15) is 5.56 Å². The average Bonchev–Trinajstić information content (AvgIpc) is 2.09. The molecule has 0 saturated carbocycles. The molecule has 1 aromatic rings. The van der Waals surface area contributed by atoms with E-state index < -0.39 is 21.9 Å². The van der Waals surface area contributed by atoms with Crippen LogP contribution in [0.3, 0.4) is 0 Å². The number of hydrogen-bond donors (Lipinski definition) is 1. The molecule has 0 amide bonds. The SMILES string of the molecule is O/N=C/c1c(F)cc(F)c(F)c1Br. The lowest BCUT2D eigenvalue weighted by Crippen LogP contribution is -1.97. The fourth-order valence-corrected chi connectivity index (χ4v) is 1.24. The van der Waals surface area contributed by atoms with Gasteiger partial charge in [-0.15, -0.1) is 0 Å². The predicted octanol–water partition coefficient (Wildman–Crippen LogP) is 2.67. The zero-order valence-corrected chi connectivity index (χ0v) is 7.65. The molecule has 0 aliphatic heterocycles. The molecule has 70 valence electrons. The fourth-order valence-electron chi connectivity index (χ4n) is 0.756. The molecular weight excluding hydrogens is 251 g/mol. The summed E-state index contributed by atoms with van der Waals surface area (Å²) in [4.78, 5) is 0. The van der Waals surface area contributed by atoms with Gasteiger partial charge in [-0.1, -0.05) is 5.16 Å². The van der Waals surface area contributed by atoms with Crippen molar-refractivity contribution in [1.82, 2.24) is 0 Å². The average molecular weight is 254 g/mol. The van der Waals surface area contributed by atoms with Gasteiger partial charge in [0.2, 0.25) is 0 Å². The van der Waals surface area contributed by atoms with Crippen LogP contribution >= 0.6 is 15.9 Å². The summed E-state index contributed by atoms with van der Waals surface area (Å²) in [5.41, 5.74) is -0.346. The molecule has 1 rings (SSSR count). The van der Waals surface area contributed by atoms with E-state index in [0.717, 1.165) is 0 Å². The molecule has 0 aliphatic carbocycles. The maximum absolute atomic E-state index is 12.8. The molecule has 0 bridgehead atoms. The standard InChI is InChI=1S/C7H3BrF3NO/c8-6-3(2-12-13)4(9)1-5(10)7(6)11/h1-2,13H/b12-2+. The van der Waals surface area contributed by atoms with Crippen LogP contribution in [0.2, 0.25) is 0 Å². The summed E-state index contributed by atoms with van der Waals surface area (Å²) < 4.78 is 37.7. The monoisotopic (exact) mass is 253 g/mol. The van der Waals surface area contributed by atoms with Crippen molar-refractivity contribution in [2.24, 2.45) is 5.16 Å². The number of nitrogens with zero attached hydrogens (tertiary/aromatic N) is 1. The van der Waals surface area contributed by atoms with E-state index >= 15 is 0 Å². The number of oxime groups is 1. The van der Waals surface area contributed by atoms with Gasteiger partial charge in [-0.2, -0.15) is 0 Å². The highest BCUT2D eigenvalue weighted by atomic mass is 79.9. The van der Waals surface area contributed by atoms with Crippen molar-refractivity contribution in [2.75, 3.05) is 0 Å². The molecule has 0 radical (unpaired) electrons. The number of halogens is 4. The summed E-state index contributed by atoms with van der Waals surface area (Å²) >= 11 is 2.63. The Hall–Kier alpha value is -1.04. The second-order valence-corrected chi connectivity index (χ2v) is 2.92. The first-order chi connectivity index (χ1) is 6.07. The Bertz CT molecular complexity index is 367. The summed E-state index contributed by atoms with van der Waals surface area (Å²) in [7, 11) is 0. The van der Waals surface area contributed by atoms with Crippen molar-refractivity contribution >= 4 is 22.1 Å². The van der Waals surface area contributed by atoms with Crippen molar-refractivity contribution in [3.05, 3.63) is 33.6 Å². The maximum atomic E-state index is 12.8. The molecule has 0 aliphatic rings. The van der Waals surface area contributed by atoms with Crippen LogP contribution in [0, 0.1) is 17.5 Å². The predicted molar refractivity (Wildman–Crippen MR) is 43.4 cm³/mol. The van der Waals surface area contributed by atoms with Crippen LogP contribution in [-0.4, -0.2) is 11.4 Å². The lowest BCUT2D eigenvalue weighted by molar-refractivity contribution is 0.321. The van der Waals surface area contributed by atoms with Gasteiger partial charge in [-0.25, -0.2) is 13.2 Å². The zero-order chi connectivity index (χ0) is 10.0. The fraction of sp³-hybridized carbons (Fsp3) is 0. The highest BCUT2D eigenvalue weighted by Crippen LogP contribution is 2.24. The normalized spacial score (nSPS) is 11.1. The van der Waals surface area contributed by atoms with E-state index in [-0.39, 0.29) is 5.56 Å². The van der Waals surface area contributed by atoms with Gasteiger partial charge in [-0.05, 0) is 15.9 Å². The van der Waals surface area contributed by atoms with E-state index in [1.807, 2.05) is 0 Å². The highest BCUT2D eigenvalue weighted by molar-refractivity contribution is 9.10. The molecular formula is C7H3BrF3NO. The second kappa shape index (κ2) is 3.78. The van der Waals surface area contributed by atoms with Crippen molar-refractivity contribution in [1.29, 1.82) is 0 Å². The minimum absolute atomic E-state index is 0.346. The van der Waals surface area contributed by atoms with Crippen molar-refractivity contribution < 1.29 is 18.4 Å². The Morgan fingerprint density at radius 2 is 1.92 bits per heavy atom. The van der Waals surface area contributed by atoms with Gasteiger partial charge < -0.3 is 5.21 Å². The lowest BCUT2D eigenvalue weighted by Gasteiger charge is -2.01. The molecule has 0 atom stereocenters. The van der Waals surface area contributed by atoms with Gasteiger partial charge in [-0.3, -0.25) is 0 Å². The Labute approximate surface area is 79.8 Å². The third-order valence-corrected chi connectivity index (χ3v) is 2.11. The Morgan fingerprint density at radius 1 is 1.31 bits per heavy atom. The lowest BCUT2D eigenvalue weighted by atomic mass is 10.2. The molecule has 1 aromatic carbocycles. The van der Waals surface area contributed by atoms with E-state index in [0.29, 0.717) is 12.3 Å². The van der Waals surface area contributed by atoms with Crippen LogP contribution < -0.4 is 0 Å². The quantitative estimate of drug-likeness (QED) is 0.270. The maximum Gasteiger partial charge on any atom is 0.173 e. The van der Waals surface area contributed by atoms with E-state index in [1.54, 1.807) is 0 Å². The first-order valence-electron chi connectivity index (χ1n) is 3.08. The van der Waals surface area contributed by atoms with E-state index in [9.17, 15) is 13.2 Å². The summed E-state index contributed by atoms with van der Waals surface area (Å²) in [6, 6.07) is 0.372. The number of benzene rings is 1. The topological polar surface area (TPSA) is 32.6 Å². The summed E-state index contributed by atoms with van der Waals surface area (Å²) in [5.74, 6) is -3.54. The highest BCUT2D eigenvalue weighted by Gasteiger charge is 2.15. The second-order valence-electron chi connectivity index (χ2n) is 2.13. The minimum Gasteiger partial charge on any atom is -0.411 e.